The van der Waals surface area contributed by atoms with Gasteiger partial charge in [0.15, 0.2) is 6.61 Å². The van der Waals surface area contributed by atoms with Crippen molar-refractivity contribution in [3.05, 3.63) is 30.0 Å². The zero-order valence-electron chi connectivity index (χ0n) is 16.5. The van der Waals surface area contributed by atoms with Gasteiger partial charge in [0.05, 0.1) is 11.9 Å². The number of ether oxygens (including phenoxy) is 2. The number of fused-ring (bicyclic) bond motifs is 1. The Kier molecular flexibility index (Phi) is 6.96. The summed E-state index contributed by atoms with van der Waals surface area (Å²) in [6, 6.07) is 2.54. The van der Waals surface area contributed by atoms with Gasteiger partial charge in [-0.15, -0.1) is 0 Å². The molecule has 16 heteroatoms. The number of halogens is 10. The van der Waals surface area contributed by atoms with Crippen LogP contribution >= 0.6 is 0 Å². The number of aromatic nitrogens is 1. The van der Waals surface area contributed by atoms with Crippen molar-refractivity contribution in [2.45, 2.75) is 37.5 Å². The van der Waals surface area contributed by atoms with Gasteiger partial charge in [0.25, 0.3) is 0 Å². The first-order chi connectivity index (χ1) is 15.3. The van der Waals surface area contributed by atoms with Crippen molar-refractivity contribution < 1.29 is 67.8 Å². The number of carbonyl (C=O) groups excluding carboxylic acids is 3. The maximum absolute atomic E-state index is 13.6. The van der Waals surface area contributed by atoms with E-state index < -0.39 is 71.5 Å². The molecule has 0 aliphatic heterocycles. The van der Waals surface area contributed by atoms with E-state index in [9.17, 15) is 58.3 Å². The van der Waals surface area contributed by atoms with Gasteiger partial charge in [-0.25, -0.2) is 0 Å². The Morgan fingerprint density at radius 3 is 2.00 bits per heavy atom. The molecule has 6 nitrogen and oxygen atoms in total. The minimum absolute atomic E-state index is 0.187. The normalized spacial score (nSPS) is 13.1. The molecule has 0 atom stereocenters. The molecular formula is C18H11F10NO5. The van der Waals surface area contributed by atoms with E-state index in [2.05, 4.69) is 4.74 Å². The lowest BCUT2D eigenvalue weighted by Gasteiger charge is -2.19. The van der Waals surface area contributed by atoms with Crippen molar-refractivity contribution >= 4 is 28.7 Å². The van der Waals surface area contributed by atoms with Crippen LogP contribution in [0.5, 0.6) is 5.75 Å². The lowest BCUT2D eigenvalue weighted by atomic mass is 10.1. The molecule has 0 saturated carbocycles. The molecule has 2 rings (SSSR count). The lowest BCUT2D eigenvalue weighted by Crippen LogP contribution is -2.46. The number of alkyl halides is 10. The third kappa shape index (κ3) is 5.41. The number of esters is 2. The molecule has 0 N–H and O–H groups in total. The van der Waals surface area contributed by atoms with Crippen LogP contribution in [0.25, 0.3) is 10.9 Å². The third-order valence-corrected chi connectivity index (χ3v) is 4.13. The highest BCUT2D eigenvalue weighted by atomic mass is 19.4. The van der Waals surface area contributed by atoms with Crippen molar-refractivity contribution in [2.75, 3.05) is 6.61 Å². The summed E-state index contributed by atoms with van der Waals surface area (Å²) < 4.78 is 136. The van der Waals surface area contributed by atoms with Gasteiger partial charge >= 0.3 is 42.0 Å². The van der Waals surface area contributed by atoms with Crippen LogP contribution in [-0.2, 0) is 20.7 Å². The number of benzene rings is 1. The van der Waals surface area contributed by atoms with Crippen LogP contribution in [-0.4, -0.2) is 53.2 Å². The molecule has 34 heavy (non-hydrogen) atoms. The van der Waals surface area contributed by atoms with Gasteiger partial charge in [-0.1, -0.05) is 0 Å². The zero-order valence-corrected chi connectivity index (χ0v) is 16.5. The standard InChI is InChI=1S/C18H11F10NO5/c1-8(30)34-10-2-3-12-11(5-10)9(4-13(31)33-7-15(19,20)17(23,24)25)6-29(12)14(32)16(21,22)18(26,27)28/h2-3,5-6H,4,7H2,1H3. The first-order valence-corrected chi connectivity index (χ1v) is 8.70. The molecule has 0 saturated heterocycles. The average molecular weight is 511 g/mol. The maximum Gasteiger partial charge on any atom is 0.463 e. The minimum Gasteiger partial charge on any atom is -0.459 e. The fourth-order valence-electron chi connectivity index (χ4n) is 2.55. The molecule has 2 aromatic rings. The zero-order chi connectivity index (χ0) is 26.3. The predicted molar refractivity (Wildman–Crippen MR) is 90.5 cm³/mol. The summed E-state index contributed by atoms with van der Waals surface area (Å²) in [7, 11) is 0. The smallest absolute Gasteiger partial charge is 0.459 e. The van der Waals surface area contributed by atoms with Gasteiger partial charge in [0, 0.05) is 18.5 Å². The van der Waals surface area contributed by atoms with Crippen molar-refractivity contribution in [1.82, 2.24) is 4.57 Å². The summed E-state index contributed by atoms with van der Waals surface area (Å²) in [6.45, 7) is -1.49. The number of hydrogen-bond donors (Lipinski definition) is 0. The van der Waals surface area contributed by atoms with E-state index >= 15 is 0 Å². The minimum atomic E-state index is -6.30. The first-order valence-electron chi connectivity index (χ1n) is 8.70. The van der Waals surface area contributed by atoms with Gasteiger partial charge < -0.3 is 9.47 Å². The summed E-state index contributed by atoms with van der Waals surface area (Å²) in [4.78, 5) is 34.8. The number of nitrogens with zero attached hydrogens (tertiary/aromatic N) is 1. The van der Waals surface area contributed by atoms with Crippen LogP contribution in [0.2, 0.25) is 0 Å². The molecule has 1 aromatic carbocycles. The van der Waals surface area contributed by atoms with Crippen LogP contribution in [0, 0.1) is 0 Å². The summed E-state index contributed by atoms with van der Waals surface area (Å²) >= 11 is 0. The summed E-state index contributed by atoms with van der Waals surface area (Å²) in [6.07, 6.45) is -13.3. The van der Waals surface area contributed by atoms with Crippen LogP contribution in [0.3, 0.4) is 0 Å². The van der Waals surface area contributed by atoms with Crippen LogP contribution in [0.1, 0.15) is 17.3 Å². The van der Waals surface area contributed by atoms with Crippen LogP contribution in [0.4, 0.5) is 43.9 Å². The maximum atomic E-state index is 13.6. The molecule has 0 radical (unpaired) electrons. The molecule has 0 bridgehead atoms. The Morgan fingerprint density at radius 2 is 1.50 bits per heavy atom. The van der Waals surface area contributed by atoms with E-state index in [0.717, 1.165) is 25.1 Å². The van der Waals surface area contributed by atoms with E-state index in [1.807, 2.05) is 0 Å². The second-order valence-corrected chi connectivity index (χ2v) is 6.71. The summed E-state index contributed by atoms with van der Waals surface area (Å²) in [5.41, 5.74) is -1.22. The first kappa shape index (κ1) is 26.9. The molecule has 188 valence electrons. The SMILES string of the molecule is CC(=O)Oc1ccc2c(c1)c(CC(=O)OCC(F)(F)C(F)(F)F)cn2C(=O)C(F)(F)C(F)(F)F. The molecule has 1 aromatic heterocycles. The lowest BCUT2D eigenvalue weighted by molar-refractivity contribution is -0.294. The fourth-order valence-corrected chi connectivity index (χ4v) is 2.55. The van der Waals surface area contributed by atoms with Gasteiger partial charge in [0.1, 0.15) is 5.75 Å². The highest BCUT2D eigenvalue weighted by molar-refractivity contribution is 5.99. The highest BCUT2D eigenvalue weighted by Gasteiger charge is 2.64. The molecule has 0 aliphatic carbocycles. The molecular weight excluding hydrogens is 500 g/mol. The van der Waals surface area contributed by atoms with Crippen LogP contribution in [0.15, 0.2) is 24.4 Å². The highest BCUT2D eigenvalue weighted by Crippen LogP contribution is 2.39. The van der Waals surface area contributed by atoms with Crippen molar-refractivity contribution in [3.8, 4) is 5.75 Å². The van der Waals surface area contributed by atoms with Crippen molar-refractivity contribution in [2.24, 2.45) is 0 Å². The number of carbonyl (C=O) groups is 3. The quantitative estimate of drug-likeness (QED) is 0.320. The largest absolute Gasteiger partial charge is 0.463 e. The Bertz CT molecular complexity index is 1120. The molecule has 0 spiro atoms. The van der Waals surface area contributed by atoms with Gasteiger partial charge in [-0.2, -0.15) is 43.9 Å². The Balaban J connectivity index is 2.48. The molecule has 0 fully saturated rings. The number of rotatable bonds is 6. The Hall–Kier alpha value is -3.33. The third-order valence-electron chi connectivity index (χ3n) is 4.13. The summed E-state index contributed by atoms with van der Waals surface area (Å²) in [5, 5.41) is -0.426. The second kappa shape index (κ2) is 8.79. The van der Waals surface area contributed by atoms with E-state index in [-0.39, 0.29) is 10.3 Å². The van der Waals surface area contributed by atoms with Gasteiger partial charge in [-0.3, -0.25) is 19.0 Å². The van der Waals surface area contributed by atoms with E-state index in [1.165, 1.54) is 0 Å². The van der Waals surface area contributed by atoms with Gasteiger partial charge in [0.2, 0.25) is 0 Å². The Morgan fingerprint density at radius 1 is 0.912 bits per heavy atom. The monoisotopic (exact) mass is 511 g/mol. The molecule has 0 unspecified atom stereocenters. The Labute approximate surface area is 182 Å². The number of hydrogen-bond acceptors (Lipinski definition) is 5. The predicted octanol–water partition coefficient (Wildman–Crippen LogP) is 4.69. The van der Waals surface area contributed by atoms with E-state index in [4.69, 9.17) is 4.74 Å². The van der Waals surface area contributed by atoms with Crippen LogP contribution < -0.4 is 4.74 Å². The van der Waals surface area contributed by atoms with Crippen molar-refractivity contribution in [3.63, 3.8) is 0 Å². The molecule has 0 amide bonds. The van der Waals surface area contributed by atoms with Gasteiger partial charge in [-0.05, 0) is 23.8 Å². The van der Waals surface area contributed by atoms with E-state index in [0.29, 0.717) is 6.20 Å². The summed E-state index contributed by atoms with van der Waals surface area (Å²) in [5.74, 6) is -17.1. The fraction of sp³-hybridized carbons (Fsp3) is 0.389. The van der Waals surface area contributed by atoms with Crippen molar-refractivity contribution in [1.29, 1.82) is 0 Å². The topological polar surface area (TPSA) is 74.6 Å². The molecule has 0 aliphatic rings. The average Bonchev–Trinajstić information content (AvgIpc) is 3.01. The second-order valence-electron chi connectivity index (χ2n) is 6.71. The molecule has 1 heterocycles. The van der Waals surface area contributed by atoms with E-state index in [1.54, 1.807) is 0 Å².